The van der Waals surface area contributed by atoms with Crippen molar-refractivity contribution in [3.63, 3.8) is 0 Å². The van der Waals surface area contributed by atoms with Crippen LogP contribution < -0.4 is 0 Å². The Labute approximate surface area is 159 Å². The molecule has 0 atom stereocenters. The van der Waals surface area contributed by atoms with Gasteiger partial charge in [0.25, 0.3) is 5.69 Å². The SMILES string of the molecule is Cc1[nH]c2ccc([N+](=O)[O-])cc2c1C=C(C#N)S(=O)(=O)c1ccc(Cl)cc1. The Hall–Kier alpha value is -3.15. The number of benzene rings is 2. The van der Waals surface area contributed by atoms with Gasteiger partial charge in [-0.3, -0.25) is 10.1 Å². The van der Waals surface area contributed by atoms with Gasteiger partial charge in [0.2, 0.25) is 9.84 Å². The number of H-pyrrole nitrogens is 1. The molecule has 1 N–H and O–H groups in total. The maximum atomic E-state index is 12.8. The molecule has 0 aliphatic heterocycles. The molecule has 0 saturated heterocycles. The summed E-state index contributed by atoms with van der Waals surface area (Å²) < 4.78 is 25.5. The van der Waals surface area contributed by atoms with Crippen LogP contribution in [0, 0.1) is 28.4 Å². The van der Waals surface area contributed by atoms with Crippen molar-refractivity contribution in [1.82, 2.24) is 4.98 Å². The maximum Gasteiger partial charge on any atom is 0.270 e. The Morgan fingerprint density at radius 2 is 1.93 bits per heavy atom. The number of hydrogen-bond acceptors (Lipinski definition) is 5. The third kappa shape index (κ3) is 3.43. The van der Waals surface area contributed by atoms with Crippen LogP contribution >= 0.6 is 11.6 Å². The van der Waals surface area contributed by atoms with Gasteiger partial charge in [-0.2, -0.15) is 5.26 Å². The number of non-ortho nitro benzene ring substituents is 1. The van der Waals surface area contributed by atoms with Crippen molar-refractivity contribution in [3.05, 3.63) is 73.8 Å². The molecule has 2 aromatic carbocycles. The summed E-state index contributed by atoms with van der Waals surface area (Å²) in [6.07, 6.45) is 1.22. The van der Waals surface area contributed by atoms with Crippen LogP contribution in [-0.4, -0.2) is 18.3 Å². The predicted molar refractivity (Wildman–Crippen MR) is 102 cm³/mol. The van der Waals surface area contributed by atoms with E-state index in [1.54, 1.807) is 13.0 Å². The van der Waals surface area contributed by atoms with Crippen LogP contribution in [-0.2, 0) is 9.84 Å². The van der Waals surface area contributed by atoms with Crippen LogP contribution in [0.3, 0.4) is 0 Å². The van der Waals surface area contributed by atoms with Gasteiger partial charge in [-0.15, -0.1) is 0 Å². The minimum absolute atomic E-state index is 0.0665. The summed E-state index contributed by atoms with van der Waals surface area (Å²) in [7, 11) is -4.06. The zero-order valence-electron chi connectivity index (χ0n) is 13.9. The average Bonchev–Trinajstić information content (AvgIpc) is 2.94. The van der Waals surface area contributed by atoms with E-state index in [1.165, 1.54) is 48.5 Å². The number of fused-ring (bicyclic) bond motifs is 1. The number of aryl methyl sites for hydroxylation is 1. The fourth-order valence-electron chi connectivity index (χ4n) is 2.68. The van der Waals surface area contributed by atoms with Gasteiger partial charge >= 0.3 is 0 Å². The third-order valence-electron chi connectivity index (χ3n) is 4.03. The molecule has 0 radical (unpaired) electrons. The van der Waals surface area contributed by atoms with Crippen LogP contribution in [0.5, 0.6) is 0 Å². The zero-order chi connectivity index (χ0) is 19.8. The molecule has 0 aliphatic carbocycles. The number of aromatic amines is 1. The first-order valence-corrected chi connectivity index (χ1v) is 9.49. The number of halogens is 1. The number of nitro benzene ring substituents is 1. The highest BCUT2D eigenvalue weighted by Gasteiger charge is 2.22. The molecule has 0 unspecified atom stereocenters. The van der Waals surface area contributed by atoms with E-state index in [9.17, 15) is 23.8 Å². The summed E-state index contributed by atoms with van der Waals surface area (Å²) in [5.41, 5.74) is 1.47. The van der Waals surface area contributed by atoms with Crippen LogP contribution in [0.15, 0.2) is 52.3 Å². The average molecular weight is 402 g/mol. The van der Waals surface area contributed by atoms with E-state index < -0.39 is 19.7 Å². The Morgan fingerprint density at radius 1 is 1.26 bits per heavy atom. The lowest BCUT2D eigenvalue weighted by Crippen LogP contribution is -2.03. The molecular weight excluding hydrogens is 390 g/mol. The predicted octanol–water partition coefficient (Wildman–Crippen LogP) is 4.38. The van der Waals surface area contributed by atoms with Crippen molar-refractivity contribution in [2.75, 3.05) is 0 Å². The number of allylic oxidation sites excluding steroid dienone is 1. The summed E-state index contributed by atoms with van der Waals surface area (Å²) in [6, 6.07) is 11.4. The zero-order valence-corrected chi connectivity index (χ0v) is 15.5. The number of nitriles is 1. The molecule has 3 aromatic rings. The Balaban J connectivity index is 2.20. The molecule has 1 aromatic heterocycles. The highest BCUT2D eigenvalue weighted by atomic mass is 35.5. The van der Waals surface area contributed by atoms with E-state index in [0.717, 1.165) is 0 Å². The van der Waals surface area contributed by atoms with Crippen LogP contribution in [0.2, 0.25) is 5.02 Å². The summed E-state index contributed by atoms with van der Waals surface area (Å²) in [4.78, 5) is 13.0. The second-order valence-electron chi connectivity index (χ2n) is 5.73. The van der Waals surface area contributed by atoms with Crippen LogP contribution in [0.4, 0.5) is 5.69 Å². The number of hydrogen-bond donors (Lipinski definition) is 1. The number of nitro groups is 1. The standard InChI is InChI=1S/C18H12ClN3O4S/c1-11-16(17-8-13(22(23)24)4-7-18(17)21-11)9-15(10-20)27(25,26)14-5-2-12(19)3-6-14/h2-9,21H,1H3. The van der Waals surface area contributed by atoms with Crippen molar-refractivity contribution in [2.24, 2.45) is 0 Å². The lowest BCUT2D eigenvalue weighted by molar-refractivity contribution is -0.384. The molecule has 7 nitrogen and oxygen atoms in total. The summed E-state index contributed by atoms with van der Waals surface area (Å²) in [5, 5.41) is 21.3. The second-order valence-corrected chi connectivity index (χ2v) is 8.08. The molecule has 9 heteroatoms. The molecule has 3 rings (SSSR count). The molecule has 1 heterocycles. The van der Waals surface area contributed by atoms with Crippen LogP contribution in [0.1, 0.15) is 11.3 Å². The second kappa shape index (κ2) is 6.87. The molecule has 27 heavy (non-hydrogen) atoms. The van der Waals surface area contributed by atoms with E-state index in [2.05, 4.69) is 4.98 Å². The largest absolute Gasteiger partial charge is 0.358 e. The number of sulfone groups is 1. The van der Waals surface area contributed by atoms with Gasteiger partial charge in [-0.1, -0.05) is 11.6 Å². The Bertz CT molecular complexity index is 1240. The summed E-state index contributed by atoms with van der Waals surface area (Å²) >= 11 is 5.78. The molecule has 0 bridgehead atoms. The smallest absolute Gasteiger partial charge is 0.270 e. The Kier molecular flexibility index (Phi) is 4.74. The molecule has 0 spiro atoms. The third-order valence-corrected chi connectivity index (χ3v) is 5.96. The van der Waals surface area contributed by atoms with E-state index in [-0.39, 0.29) is 10.6 Å². The minimum Gasteiger partial charge on any atom is -0.358 e. The van der Waals surface area contributed by atoms with Crippen molar-refractivity contribution in [2.45, 2.75) is 11.8 Å². The fourth-order valence-corrected chi connectivity index (χ4v) is 3.94. The number of rotatable bonds is 4. The maximum absolute atomic E-state index is 12.8. The van der Waals surface area contributed by atoms with Gasteiger partial charge in [-0.05, 0) is 43.3 Å². The van der Waals surface area contributed by atoms with Gasteiger partial charge in [0, 0.05) is 39.3 Å². The molecular formula is C18H12ClN3O4S. The van der Waals surface area contributed by atoms with Gasteiger partial charge in [0.15, 0.2) is 0 Å². The van der Waals surface area contributed by atoms with Crippen LogP contribution in [0.25, 0.3) is 17.0 Å². The highest BCUT2D eigenvalue weighted by molar-refractivity contribution is 7.95. The van der Waals surface area contributed by atoms with E-state index in [0.29, 0.717) is 27.2 Å². The molecule has 0 fully saturated rings. The van der Waals surface area contributed by atoms with Crippen molar-refractivity contribution < 1.29 is 13.3 Å². The summed E-state index contributed by atoms with van der Waals surface area (Å²) in [6.45, 7) is 1.70. The topological polar surface area (TPSA) is 117 Å². The number of nitrogens with one attached hydrogen (secondary N) is 1. The monoisotopic (exact) mass is 401 g/mol. The first-order chi connectivity index (χ1) is 12.7. The first kappa shape index (κ1) is 18.6. The lowest BCUT2D eigenvalue weighted by atomic mass is 10.1. The van der Waals surface area contributed by atoms with Crippen molar-refractivity contribution in [3.8, 4) is 6.07 Å². The van der Waals surface area contributed by atoms with Gasteiger partial charge < -0.3 is 4.98 Å². The molecule has 0 amide bonds. The Morgan fingerprint density at radius 3 is 2.52 bits per heavy atom. The van der Waals surface area contributed by atoms with E-state index in [1.807, 2.05) is 0 Å². The van der Waals surface area contributed by atoms with Crippen molar-refractivity contribution >= 4 is 44.1 Å². The number of nitrogens with zero attached hydrogens (tertiary/aromatic N) is 2. The highest BCUT2D eigenvalue weighted by Crippen LogP contribution is 2.30. The van der Waals surface area contributed by atoms with Gasteiger partial charge in [-0.25, -0.2) is 8.42 Å². The molecule has 0 saturated carbocycles. The molecule has 0 aliphatic rings. The van der Waals surface area contributed by atoms with Crippen molar-refractivity contribution in [1.29, 1.82) is 5.26 Å². The fraction of sp³-hybridized carbons (Fsp3) is 0.0556. The lowest BCUT2D eigenvalue weighted by Gasteiger charge is -2.03. The number of aromatic nitrogens is 1. The van der Waals surface area contributed by atoms with E-state index in [4.69, 9.17) is 11.6 Å². The molecule has 136 valence electrons. The quantitative estimate of drug-likeness (QED) is 0.395. The van der Waals surface area contributed by atoms with Gasteiger partial charge in [0.05, 0.1) is 9.82 Å². The minimum atomic E-state index is -4.06. The van der Waals surface area contributed by atoms with E-state index >= 15 is 0 Å². The van der Waals surface area contributed by atoms with Gasteiger partial charge in [0.1, 0.15) is 11.0 Å². The summed E-state index contributed by atoms with van der Waals surface area (Å²) in [5.74, 6) is 0. The first-order valence-electron chi connectivity index (χ1n) is 7.63. The normalized spacial score (nSPS) is 12.1.